The van der Waals surface area contributed by atoms with E-state index in [1.807, 2.05) is 59.1 Å². The van der Waals surface area contributed by atoms with Crippen LogP contribution in [0.5, 0.6) is 5.75 Å². The number of carbonyl (C=O) groups excluding carboxylic acids is 3. The predicted molar refractivity (Wildman–Crippen MR) is 158 cm³/mol. The second-order valence-electron chi connectivity index (χ2n) is 11.6. The van der Waals surface area contributed by atoms with Crippen LogP contribution in [0.3, 0.4) is 0 Å². The molecule has 0 radical (unpaired) electrons. The van der Waals surface area contributed by atoms with E-state index in [0.717, 1.165) is 11.1 Å². The van der Waals surface area contributed by atoms with Gasteiger partial charge < -0.3 is 25.4 Å². The maximum Gasteiger partial charge on any atom is 0.408 e. The number of rotatable bonds is 9. The van der Waals surface area contributed by atoms with Crippen molar-refractivity contribution >= 4 is 35.4 Å². The summed E-state index contributed by atoms with van der Waals surface area (Å²) in [6.07, 6.45) is 1.56. The number of alkyl carbamates (subject to hydrolysis) is 1. The Kier molecular flexibility index (Phi) is 10.9. The Bertz CT molecular complexity index is 1150. The summed E-state index contributed by atoms with van der Waals surface area (Å²) in [5.41, 5.74) is 1.31. The smallest absolute Gasteiger partial charge is 0.408 e. The SMILES string of the molecule is CSCCC(NC(=O)OC(C)(C)C)C(=O)N(C(C(=O)Nc1c(C)cccc1C)c1cccc(O)c1)C(C)(C)C. The summed E-state index contributed by atoms with van der Waals surface area (Å²) < 4.78 is 5.44. The summed E-state index contributed by atoms with van der Waals surface area (Å²) in [5.74, 6) is -0.269. The fourth-order valence-corrected chi connectivity index (χ4v) is 4.74. The molecular weight excluding hydrogens is 514 g/mol. The standard InChI is InChI=1S/C30H43N3O5S/c1-19-12-10-13-20(2)24(19)32-26(35)25(21-14-11-15-22(34)18-21)33(29(3,4)5)27(36)23(16-17-39-9)31-28(37)38-30(6,7)8/h10-15,18,23,25,34H,16-17H2,1-9H3,(H,31,37)(H,32,35). The summed E-state index contributed by atoms with van der Waals surface area (Å²) in [6, 6.07) is 10.0. The average molecular weight is 558 g/mol. The van der Waals surface area contributed by atoms with E-state index in [4.69, 9.17) is 4.74 Å². The Morgan fingerprint density at radius 1 is 1.00 bits per heavy atom. The van der Waals surface area contributed by atoms with Crippen molar-refractivity contribution in [1.29, 1.82) is 0 Å². The Hall–Kier alpha value is -3.20. The largest absolute Gasteiger partial charge is 0.508 e. The van der Waals surface area contributed by atoms with Crippen LogP contribution in [0.4, 0.5) is 10.5 Å². The van der Waals surface area contributed by atoms with Crippen LogP contribution in [0.1, 0.15) is 70.7 Å². The number of hydrogen-bond donors (Lipinski definition) is 3. The van der Waals surface area contributed by atoms with E-state index in [1.165, 1.54) is 17.0 Å². The van der Waals surface area contributed by atoms with E-state index in [1.54, 1.807) is 44.7 Å². The number of amides is 3. The van der Waals surface area contributed by atoms with Crippen molar-refractivity contribution in [3.05, 3.63) is 59.2 Å². The first kappa shape index (κ1) is 32.0. The van der Waals surface area contributed by atoms with E-state index in [0.29, 0.717) is 23.4 Å². The van der Waals surface area contributed by atoms with Crippen molar-refractivity contribution < 1.29 is 24.2 Å². The number of nitrogens with zero attached hydrogens (tertiary/aromatic N) is 1. The molecule has 3 N–H and O–H groups in total. The highest BCUT2D eigenvalue weighted by molar-refractivity contribution is 7.98. The lowest BCUT2D eigenvalue weighted by atomic mass is 9.94. The third-order valence-corrected chi connectivity index (χ3v) is 6.63. The van der Waals surface area contributed by atoms with E-state index in [9.17, 15) is 19.5 Å². The molecule has 0 saturated carbocycles. The van der Waals surface area contributed by atoms with E-state index >= 15 is 0 Å². The zero-order valence-electron chi connectivity index (χ0n) is 24.5. The number of aromatic hydroxyl groups is 1. The quantitative estimate of drug-likeness (QED) is 0.351. The molecule has 0 heterocycles. The zero-order chi connectivity index (χ0) is 29.5. The van der Waals surface area contributed by atoms with Crippen LogP contribution in [0, 0.1) is 13.8 Å². The Morgan fingerprint density at radius 3 is 2.10 bits per heavy atom. The number of phenols is 1. The van der Waals surface area contributed by atoms with Crippen LogP contribution in [-0.4, -0.2) is 57.1 Å². The van der Waals surface area contributed by atoms with Gasteiger partial charge in [0.2, 0.25) is 5.91 Å². The summed E-state index contributed by atoms with van der Waals surface area (Å²) in [5, 5.41) is 16.1. The summed E-state index contributed by atoms with van der Waals surface area (Å²) in [4.78, 5) is 42.6. The van der Waals surface area contributed by atoms with Gasteiger partial charge in [0.15, 0.2) is 0 Å². The lowest BCUT2D eigenvalue weighted by Crippen LogP contribution is -2.58. The molecular formula is C30H43N3O5S. The molecule has 2 atom stereocenters. The van der Waals surface area contributed by atoms with E-state index < -0.39 is 41.1 Å². The van der Waals surface area contributed by atoms with Gasteiger partial charge in [-0.25, -0.2) is 4.79 Å². The molecule has 0 aliphatic heterocycles. The van der Waals surface area contributed by atoms with Gasteiger partial charge in [-0.2, -0.15) is 11.8 Å². The number of phenolic OH excluding ortho intramolecular Hbond substituents is 1. The van der Waals surface area contributed by atoms with Crippen LogP contribution in [-0.2, 0) is 14.3 Å². The van der Waals surface area contributed by atoms with Gasteiger partial charge in [0, 0.05) is 11.2 Å². The minimum absolute atomic E-state index is 0.0236. The molecule has 2 rings (SSSR count). The lowest BCUT2D eigenvalue weighted by Gasteiger charge is -2.43. The first-order valence-electron chi connectivity index (χ1n) is 13.0. The van der Waals surface area contributed by atoms with Crippen LogP contribution >= 0.6 is 11.8 Å². The highest BCUT2D eigenvalue weighted by atomic mass is 32.2. The molecule has 8 nitrogen and oxygen atoms in total. The molecule has 2 aromatic carbocycles. The third kappa shape index (κ3) is 9.20. The molecule has 0 fully saturated rings. The molecule has 0 aliphatic carbocycles. The Labute approximate surface area is 236 Å². The van der Waals surface area contributed by atoms with Gasteiger partial charge in [-0.15, -0.1) is 0 Å². The van der Waals surface area contributed by atoms with Crippen LogP contribution in [0.15, 0.2) is 42.5 Å². The van der Waals surface area contributed by atoms with Crippen molar-refractivity contribution in [2.24, 2.45) is 0 Å². The van der Waals surface area contributed by atoms with Gasteiger partial charge in [-0.05, 0) is 103 Å². The first-order valence-corrected chi connectivity index (χ1v) is 14.4. The predicted octanol–water partition coefficient (Wildman–Crippen LogP) is 5.96. The molecule has 2 unspecified atom stereocenters. The second-order valence-corrected chi connectivity index (χ2v) is 12.6. The maximum absolute atomic E-state index is 14.3. The van der Waals surface area contributed by atoms with E-state index in [-0.39, 0.29) is 5.75 Å². The minimum Gasteiger partial charge on any atom is -0.508 e. The number of anilines is 1. The molecule has 0 aromatic heterocycles. The molecule has 2 aromatic rings. The lowest BCUT2D eigenvalue weighted by molar-refractivity contribution is -0.146. The van der Waals surface area contributed by atoms with Crippen molar-refractivity contribution in [3.8, 4) is 5.75 Å². The monoisotopic (exact) mass is 557 g/mol. The van der Waals surface area contributed by atoms with Crippen LogP contribution in [0.25, 0.3) is 0 Å². The number of nitrogens with one attached hydrogen (secondary N) is 2. The van der Waals surface area contributed by atoms with E-state index in [2.05, 4.69) is 10.6 Å². The number of para-hydroxylation sites is 1. The number of hydrogen-bond acceptors (Lipinski definition) is 6. The maximum atomic E-state index is 14.3. The van der Waals surface area contributed by atoms with Crippen molar-refractivity contribution in [1.82, 2.24) is 10.2 Å². The summed E-state index contributed by atoms with van der Waals surface area (Å²) in [6.45, 7) is 14.6. The van der Waals surface area contributed by atoms with Crippen molar-refractivity contribution in [3.63, 3.8) is 0 Å². The first-order chi connectivity index (χ1) is 18.0. The number of benzene rings is 2. The fraction of sp³-hybridized carbons (Fsp3) is 0.500. The van der Waals surface area contributed by atoms with Crippen molar-refractivity contribution in [2.75, 3.05) is 17.3 Å². The molecule has 214 valence electrons. The summed E-state index contributed by atoms with van der Waals surface area (Å²) >= 11 is 1.55. The van der Waals surface area contributed by atoms with Crippen LogP contribution in [0.2, 0.25) is 0 Å². The Balaban J connectivity index is 2.61. The second kappa shape index (κ2) is 13.2. The molecule has 3 amide bonds. The fourth-order valence-electron chi connectivity index (χ4n) is 4.27. The molecule has 0 spiro atoms. The normalized spacial score (nSPS) is 13.3. The number of thioether (sulfide) groups is 1. The Morgan fingerprint density at radius 2 is 1.59 bits per heavy atom. The topological polar surface area (TPSA) is 108 Å². The highest BCUT2D eigenvalue weighted by Crippen LogP contribution is 2.33. The molecule has 9 heteroatoms. The van der Waals surface area contributed by atoms with Crippen LogP contribution < -0.4 is 10.6 Å². The van der Waals surface area contributed by atoms with Gasteiger partial charge >= 0.3 is 6.09 Å². The van der Waals surface area contributed by atoms with Gasteiger partial charge in [-0.1, -0.05) is 30.3 Å². The molecule has 0 bridgehead atoms. The highest BCUT2D eigenvalue weighted by Gasteiger charge is 2.42. The molecule has 39 heavy (non-hydrogen) atoms. The van der Waals surface area contributed by atoms with Gasteiger partial charge in [0.1, 0.15) is 23.4 Å². The van der Waals surface area contributed by atoms with Gasteiger partial charge in [0.05, 0.1) is 0 Å². The van der Waals surface area contributed by atoms with Gasteiger partial charge in [-0.3, -0.25) is 9.59 Å². The minimum atomic E-state index is -1.10. The van der Waals surface area contributed by atoms with Crippen molar-refractivity contribution in [2.45, 2.75) is 85.0 Å². The summed E-state index contributed by atoms with van der Waals surface area (Å²) in [7, 11) is 0. The molecule has 0 aliphatic rings. The molecule has 0 saturated heterocycles. The average Bonchev–Trinajstić information content (AvgIpc) is 2.80. The number of aryl methyl sites for hydroxylation is 2. The number of ether oxygens (including phenoxy) is 1. The zero-order valence-corrected chi connectivity index (χ0v) is 25.4. The number of carbonyl (C=O) groups is 3. The third-order valence-electron chi connectivity index (χ3n) is 5.98. The van der Waals surface area contributed by atoms with Gasteiger partial charge in [0.25, 0.3) is 5.91 Å².